The number of hydrogen-bond acceptors (Lipinski definition) is 2. The summed E-state index contributed by atoms with van der Waals surface area (Å²) in [6.07, 6.45) is 5.45. The van der Waals surface area contributed by atoms with Gasteiger partial charge in [0.1, 0.15) is 5.56 Å². The van der Waals surface area contributed by atoms with Crippen molar-refractivity contribution >= 4 is 5.91 Å². The summed E-state index contributed by atoms with van der Waals surface area (Å²) in [6.45, 7) is 7.93. The summed E-state index contributed by atoms with van der Waals surface area (Å²) in [4.78, 5) is 12.7. The van der Waals surface area contributed by atoms with Gasteiger partial charge in [-0.25, -0.2) is 4.68 Å². The average Bonchev–Trinajstić information content (AvgIpc) is 3.15. The van der Waals surface area contributed by atoms with Crippen LogP contribution in [-0.2, 0) is 0 Å². The van der Waals surface area contributed by atoms with E-state index in [1.165, 1.54) is 5.56 Å². The number of rotatable bonds is 3. The zero-order valence-electron chi connectivity index (χ0n) is 14.4. The number of aryl methyl sites for hydroxylation is 1. The molecule has 0 unspecified atom stereocenters. The highest BCUT2D eigenvalue weighted by molar-refractivity contribution is 5.97. The second kappa shape index (κ2) is 6.00. The van der Waals surface area contributed by atoms with Gasteiger partial charge in [0.25, 0.3) is 5.91 Å². The molecule has 3 rings (SSSR count). The molecule has 24 heavy (non-hydrogen) atoms. The molecular weight excluding hydrogens is 300 g/mol. The quantitative estimate of drug-likeness (QED) is 0.802. The van der Waals surface area contributed by atoms with Crippen molar-refractivity contribution in [3.05, 3.63) is 66.1 Å². The van der Waals surface area contributed by atoms with Crippen LogP contribution < -0.4 is 5.32 Å². The highest BCUT2D eigenvalue weighted by Gasteiger charge is 2.23. The monoisotopic (exact) mass is 322 g/mol. The fourth-order valence-corrected chi connectivity index (χ4v) is 2.51. The van der Waals surface area contributed by atoms with Crippen molar-refractivity contribution in [2.45, 2.75) is 33.2 Å². The van der Waals surface area contributed by atoms with Gasteiger partial charge in [-0.1, -0.05) is 17.7 Å². The first-order valence-corrected chi connectivity index (χ1v) is 7.96. The van der Waals surface area contributed by atoms with E-state index in [0.717, 1.165) is 11.5 Å². The molecule has 0 atom stereocenters. The molecule has 0 fully saturated rings. The van der Waals surface area contributed by atoms with Crippen LogP contribution in [-0.4, -0.2) is 25.8 Å². The lowest BCUT2D eigenvalue weighted by Gasteiger charge is -2.20. The molecule has 0 aliphatic carbocycles. The summed E-state index contributed by atoms with van der Waals surface area (Å²) in [7, 11) is 0. The van der Waals surface area contributed by atoms with Gasteiger partial charge in [-0.3, -0.25) is 4.79 Å². The van der Waals surface area contributed by atoms with Crippen molar-refractivity contribution in [3.8, 4) is 11.5 Å². The molecule has 1 amide bonds. The lowest BCUT2D eigenvalue weighted by atomic mass is 10.1. The highest BCUT2D eigenvalue weighted by atomic mass is 16.1. The molecule has 0 saturated carbocycles. The molecular formula is C19H22N4O. The van der Waals surface area contributed by atoms with E-state index in [1.54, 1.807) is 10.9 Å². The van der Waals surface area contributed by atoms with Gasteiger partial charge >= 0.3 is 0 Å². The molecule has 5 heteroatoms. The van der Waals surface area contributed by atoms with E-state index >= 15 is 0 Å². The van der Waals surface area contributed by atoms with Crippen LogP contribution in [0.2, 0.25) is 0 Å². The van der Waals surface area contributed by atoms with Crippen LogP contribution in [0.5, 0.6) is 0 Å². The topological polar surface area (TPSA) is 51.9 Å². The third kappa shape index (κ3) is 3.25. The number of aromatic nitrogens is 3. The Balaban J connectivity index is 2.11. The fraction of sp³-hybridized carbons (Fsp3) is 0.263. The third-order valence-electron chi connectivity index (χ3n) is 3.60. The Bertz CT molecular complexity index is 837. The van der Waals surface area contributed by atoms with Gasteiger partial charge in [-0.05, 0) is 52.0 Å². The van der Waals surface area contributed by atoms with Crippen molar-refractivity contribution in [2.24, 2.45) is 0 Å². The van der Waals surface area contributed by atoms with E-state index in [0.29, 0.717) is 5.56 Å². The lowest BCUT2D eigenvalue weighted by Crippen LogP contribution is -2.40. The number of nitrogens with one attached hydrogen (secondary N) is 1. The standard InChI is InChI=1S/C19H22N4O/c1-14-7-9-15(10-8-14)23-18(22-11-5-6-12-22)16(13-20-23)17(24)21-19(2,3)4/h5-13H,1-4H3,(H,21,24). The van der Waals surface area contributed by atoms with Crippen LogP contribution in [0.25, 0.3) is 11.5 Å². The van der Waals surface area contributed by atoms with Gasteiger partial charge in [-0.15, -0.1) is 0 Å². The summed E-state index contributed by atoms with van der Waals surface area (Å²) in [5, 5.41) is 7.46. The Labute approximate surface area is 141 Å². The number of carbonyl (C=O) groups excluding carboxylic acids is 1. The molecule has 1 N–H and O–H groups in total. The van der Waals surface area contributed by atoms with E-state index in [-0.39, 0.29) is 11.4 Å². The van der Waals surface area contributed by atoms with E-state index < -0.39 is 0 Å². The van der Waals surface area contributed by atoms with Crippen molar-refractivity contribution in [2.75, 3.05) is 0 Å². The Morgan fingerprint density at radius 2 is 1.71 bits per heavy atom. The highest BCUT2D eigenvalue weighted by Crippen LogP contribution is 2.20. The summed E-state index contributed by atoms with van der Waals surface area (Å²) >= 11 is 0. The molecule has 124 valence electrons. The van der Waals surface area contributed by atoms with Crippen molar-refractivity contribution in [1.82, 2.24) is 19.7 Å². The third-order valence-corrected chi connectivity index (χ3v) is 3.60. The zero-order valence-corrected chi connectivity index (χ0v) is 14.4. The Morgan fingerprint density at radius 3 is 2.29 bits per heavy atom. The molecule has 0 aliphatic rings. The molecule has 3 aromatic rings. The predicted octanol–water partition coefficient (Wildman–Crippen LogP) is 3.50. The van der Waals surface area contributed by atoms with Crippen molar-refractivity contribution < 1.29 is 4.79 Å². The normalized spacial score (nSPS) is 11.5. The SMILES string of the molecule is Cc1ccc(-n2ncc(C(=O)NC(C)(C)C)c2-n2cccc2)cc1. The van der Waals surface area contributed by atoms with Gasteiger partial charge in [0, 0.05) is 17.9 Å². The number of amides is 1. The maximum Gasteiger partial charge on any atom is 0.257 e. The van der Waals surface area contributed by atoms with Crippen LogP contribution in [0.15, 0.2) is 55.0 Å². The maximum atomic E-state index is 12.7. The second-order valence-corrected chi connectivity index (χ2v) is 6.92. The van der Waals surface area contributed by atoms with Gasteiger partial charge in [0.05, 0.1) is 11.9 Å². The molecule has 0 spiro atoms. The first kappa shape index (κ1) is 16.1. The second-order valence-electron chi connectivity index (χ2n) is 6.92. The minimum atomic E-state index is -0.309. The molecule has 0 saturated heterocycles. The molecule has 0 radical (unpaired) electrons. The Hall–Kier alpha value is -2.82. The van der Waals surface area contributed by atoms with E-state index in [1.807, 2.05) is 81.1 Å². The van der Waals surface area contributed by atoms with Crippen LogP contribution >= 0.6 is 0 Å². The summed E-state index contributed by atoms with van der Waals surface area (Å²) < 4.78 is 3.70. The van der Waals surface area contributed by atoms with Gasteiger partial charge in [-0.2, -0.15) is 5.10 Å². The number of carbonyl (C=O) groups is 1. The maximum absolute atomic E-state index is 12.7. The Morgan fingerprint density at radius 1 is 1.08 bits per heavy atom. The smallest absolute Gasteiger partial charge is 0.257 e. The summed E-state index contributed by atoms with van der Waals surface area (Å²) in [5.74, 6) is 0.593. The van der Waals surface area contributed by atoms with Crippen molar-refractivity contribution in [3.63, 3.8) is 0 Å². The van der Waals surface area contributed by atoms with E-state index in [4.69, 9.17) is 0 Å². The zero-order chi connectivity index (χ0) is 17.3. The minimum Gasteiger partial charge on any atom is -0.347 e. The van der Waals surface area contributed by atoms with Gasteiger partial charge < -0.3 is 9.88 Å². The van der Waals surface area contributed by atoms with Gasteiger partial charge in [0.2, 0.25) is 0 Å². The minimum absolute atomic E-state index is 0.135. The molecule has 2 heterocycles. The first-order chi connectivity index (χ1) is 11.3. The predicted molar refractivity (Wildman–Crippen MR) is 94.8 cm³/mol. The number of nitrogens with zero attached hydrogens (tertiary/aromatic N) is 3. The van der Waals surface area contributed by atoms with Crippen LogP contribution in [0.1, 0.15) is 36.7 Å². The van der Waals surface area contributed by atoms with Crippen LogP contribution in [0.3, 0.4) is 0 Å². The number of hydrogen-bond donors (Lipinski definition) is 1. The largest absolute Gasteiger partial charge is 0.347 e. The molecule has 0 aliphatic heterocycles. The number of benzene rings is 1. The summed E-state index contributed by atoms with van der Waals surface area (Å²) in [5.41, 5.74) is 2.33. The lowest BCUT2D eigenvalue weighted by molar-refractivity contribution is 0.0919. The van der Waals surface area contributed by atoms with Gasteiger partial charge in [0.15, 0.2) is 5.82 Å². The molecule has 2 aromatic heterocycles. The fourth-order valence-electron chi connectivity index (χ4n) is 2.51. The van der Waals surface area contributed by atoms with Crippen molar-refractivity contribution in [1.29, 1.82) is 0 Å². The van der Waals surface area contributed by atoms with E-state index in [9.17, 15) is 4.79 Å². The average molecular weight is 322 g/mol. The summed E-state index contributed by atoms with van der Waals surface area (Å²) in [6, 6.07) is 11.9. The molecule has 0 bridgehead atoms. The van der Waals surface area contributed by atoms with Crippen LogP contribution in [0, 0.1) is 6.92 Å². The van der Waals surface area contributed by atoms with Crippen LogP contribution in [0.4, 0.5) is 0 Å². The molecule has 1 aromatic carbocycles. The first-order valence-electron chi connectivity index (χ1n) is 7.96. The Kier molecular flexibility index (Phi) is 4.01. The van der Waals surface area contributed by atoms with E-state index in [2.05, 4.69) is 10.4 Å². The molecule has 5 nitrogen and oxygen atoms in total.